The van der Waals surface area contributed by atoms with E-state index in [1.54, 1.807) is 17.4 Å². The summed E-state index contributed by atoms with van der Waals surface area (Å²) < 4.78 is 0.941. The first-order chi connectivity index (χ1) is 14.0. The number of aromatic nitrogens is 1. The van der Waals surface area contributed by atoms with Crippen LogP contribution < -0.4 is 4.90 Å². The van der Waals surface area contributed by atoms with E-state index in [4.69, 9.17) is 6.42 Å². The van der Waals surface area contributed by atoms with Gasteiger partial charge in [-0.2, -0.15) is 0 Å². The number of phenols is 1. The number of rotatable bonds is 6. The van der Waals surface area contributed by atoms with Gasteiger partial charge in [-0.25, -0.2) is 4.98 Å². The summed E-state index contributed by atoms with van der Waals surface area (Å²) in [7, 11) is 1.99. The van der Waals surface area contributed by atoms with Crippen molar-refractivity contribution >= 4 is 33.0 Å². The second-order valence-electron chi connectivity index (χ2n) is 6.82. The van der Waals surface area contributed by atoms with Crippen LogP contribution in [0.2, 0.25) is 0 Å². The molecule has 2 aromatic carbocycles. The first kappa shape index (κ1) is 20.5. The molecule has 0 aliphatic rings. The van der Waals surface area contributed by atoms with E-state index in [1.165, 1.54) is 5.56 Å². The number of Topliss-reactive ketones (excluding diaryl/α,β-unsaturated/α-hetero) is 1. The number of phenolic OH excluding ortho intramolecular Hbond substituents is 1. The predicted octanol–water partition coefficient (Wildman–Crippen LogP) is 4.32. The molecule has 3 rings (SSSR count). The molecule has 0 spiro atoms. The smallest absolute Gasteiger partial charge is 0.205 e. The lowest BCUT2D eigenvalue weighted by molar-refractivity contribution is -0.113. The molecule has 146 valence electrons. The minimum atomic E-state index is -0.147. The molecule has 0 aliphatic carbocycles. The number of thiazole rings is 1. The summed E-state index contributed by atoms with van der Waals surface area (Å²) in [4.78, 5) is 17.6. The average molecular weight is 403 g/mol. The number of carbonyl (C=O) groups is 1. The van der Waals surface area contributed by atoms with Gasteiger partial charge in [-0.05, 0) is 55.5 Å². The summed E-state index contributed by atoms with van der Waals surface area (Å²) in [6, 6.07) is 11.8. The first-order valence-electron chi connectivity index (χ1n) is 9.35. The Morgan fingerprint density at radius 1 is 1.31 bits per heavy atom. The summed E-state index contributed by atoms with van der Waals surface area (Å²) in [6.07, 6.45) is 7.08. The molecule has 0 atom stereocenters. The molecule has 0 aliphatic heterocycles. The third-order valence-electron chi connectivity index (χ3n) is 4.51. The van der Waals surface area contributed by atoms with Crippen LogP contribution in [0.1, 0.15) is 29.0 Å². The van der Waals surface area contributed by atoms with Crippen molar-refractivity contribution in [1.29, 1.82) is 0 Å². The van der Waals surface area contributed by atoms with E-state index >= 15 is 0 Å². The van der Waals surface area contributed by atoms with E-state index in [0.717, 1.165) is 33.8 Å². The van der Waals surface area contributed by atoms with Crippen LogP contribution in [0.4, 0.5) is 5.69 Å². The standard InChI is InChI=1S/C24H22N2O2S/c1-4-21(27)12-6-9-18-8-5-11-20(14-18)26(3)13-7-10-19-15-22(28)24-23(16-19)29-17(2)25-24/h1,5,8,11,14-16,28H,6,9,12-13H2,2-3H3. The number of fused-ring (bicyclic) bond motifs is 1. The Morgan fingerprint density at radius 2 is 2.14 bits per heavy atom. The predicted molar refractivity (Wildman–Crippen MR) is 119 cm³/mol. The molecule has 0 radical (unpaired) electrons. The number of nitrogens with zero attached hydrogens (tertiary/aromatic N) is 2. The van der Waals surface area contributed by atoms with Gasteiger partial charge >= 0.3 is 0 Å². The highest BCUT2D eigenvalue weighted by Gasteiger charge is 2.07. The van der Waals surface area contributed by atoms with Crippen molar-refractivity contribution in [3.63, 3.8) is 0 Å². The number of carbonyl (C=O) groups excluding carboxylic acids is 1. The molecule has 29 heavy (non-hydrogen) atoms. The van der Waals surface area contributed by atoms with Crippen molar-refractivity contribution in [1.82, 2.24) is 4.98 Å². The third-order valence-corrected chi connectivity index (χ3v) is 5.43. The maximum Gasteiger partial charge on any atom is 0.205 e. The van der Waals surface area contributed by atoms with Crippen LogP contribution in [0.15, 0.2) is 36.4 Å². The van der Waals surface area contributed by atoms with E-state index in [-0.39, 0.29) is 11.5 Å². The average Bonchev–Trinajstić information content (AvgIpc) is 3.09. The monoisotopic (exact) mass is 402 g/mol. The molecule has 0 saturated heterocycles. The zero-order chi connectivity index (χ0) is 20.8. The minimum absolute atomic E-state index is 0.147. The number of terminal acetylenes is 1. The Hall–Kier alpha value is -3.28. The number of ketones is 1. The Balaban J connectivity index is 1.64. The topological polar surface area (TPSA) is 53.4 Å². The lowest BCUT2D eigenvalue weighted by Gasteiger charge is -2.17. The number of aryl methyl sites for hydroxylation is 2. The van der Waals surface area contributed by atoms with Crippen molar-refractivity contribution in [3.05, 3.63) is 52.5 Å². The first-order valence-corrected chi connectivity index (χ1v) is 10.2. The zero-order valence-electron chi connectivity index (χ0n) is 16.5. The van der Waals surface area contributed by atoms with Gasteiger partial charge in [0, 0.05) is 24.7 Å². The molecule has 1 aromatic heterocycles. The molecule has 0 amide bonds. The SMILES string of the molecule is C#CC(=O)CCCc1cccc(N(C)CC#Cc2cc(O)c3nc(C)sc3c2)c1. The largest absolute Gasteiger partial charge is 0.506 e. The molecule has 3 aromatic rings. The van der Waals surface area contributed by atoms with E-state index < -0.39 is 0 Å². The van der Waals surface area contributed by atoms with Crippen LogP contribution in [0, 0.1) is 31.1 Å². The van der Waals surface area contributed by atoms with Gasteiger partial charge in [0.15, 0.2) is 0 Å². The summed E-state index contributed by atoms with van der Waals surface area (Å²) in [5.74, 6) is 8.46. The zero-order valence-corrected chi connectivity index (χ0v) is 17.3. The van der Waals surface area contributed by atoms with Crippen LogP contribution in [-0.4, -0.2) is 29.5 Å². The molecular formula is C24H22N2O2S. The van der Waals surface area contributed by atoms with Crippen molar-refractivity contribution in [3.8, 4) is 29.9 Å². The highest BCUT2D eigenvalue weighted by molar-refractivity contribution is 7.18. The lowest BCUT2D eigenvalue weighted by atomic mass is 10.1. The fourth-order valence-corrected chi connectivity index (χ4v) is 3.91. The van der Waals surface area contributed by atoms with E-state index in [9.17, 15) is 9.90 Å². The van der Waals surface area contributed by atoms with Crippen LogP contribution >= 0.6 is 11.3 Å². The summed E-state index contributed by atoms with van der Waals surface area (Å²) >= 11 is 1.55. The van der Waals surface area contributed by atoms with E-state index in [1.807, 2.05) is 32.2 Å². The van der Waals surface area contributed by atoms with E-state index in [0.29, 0.717) is 18.5 Å². The fraction of sp³-hybridized carbons (Fsp3) is 0.250. The Labute approximate surface area is 175 Å². The molecule has 5 heteroatoms. The molecule has 0 bridgehead atoms. The lowest BCUT2D eigenvalue weighted by Crippen LogP contribution is -2.17. The summed E-state index contributed by atoms with van der Waals surface area (Å²) in [6.45, 7) is 2.48. The van der Waals surface area contributed by atoms with Crippen molar-refractivity contribution in [2.24, 2.45) is 0 Å². The molecule has 1 heterocycles. The maximum atomic E-state index is 11.2. The van der Waals surface area contributed by atoms with Crippen molar-refractivity contribution < 1.29 is 9.90 Å². The summed E-state index contributed by atoms with van der Waals surface area (Å²) in [5.41, 5.74) is 3.65. The normalized spacial score (nSPS) is 10.2. The molecule has 0 fully saturated rings. The number of aromatic hydroxyl groups is 1. The molecule has 4 nitrogen and oxygen atoms in total. The third kappa shape index (κ3) is 5.38. The van der Waals surface area contributed by atoms with Crippen LogP contribution in [0.3, 0.4) is 0 Å². The van der Waals surface area contributed by atoms with Gasteiger partial charge in [0.05, 0.1) is 16.3 Å². The Bertz CT molecular complexity index is 1150. The van der Waals surface area contributed by atoms with Gasteiger partial charge in [0.25, 0.3) is 0 Å². The maximum absolute atomic E-state index is 11.2. The number of hydrogen-bond acceptors (Lipinski definition) is 5. The van der Waals surface area contributed by atoms with Crippen LogP contribution in [0.5, 0.6) is 5.75 Å². The quantitative estimate of drug-likeness (QED) is 0.493. The Kier molecular flexibility index (Phi) is 6.54. The Morgan fingerprint density at radius 3 is 2.93 bits per heavy atom. The fourth-order valence-electron chi connectivity index (χ4n) is 3.02. The molecule has 0 unspecified atom stereocenters. The molecular weight excluding hydrogens is 380 g/mol. The van der Waals surface area contributed by atoms with Crippen molar-refractivity contribution in [2.45, 2.75) is 26.2 Å². The van der Waals surface area contributed by atoms with Gasteiger partial charge in [0.1, 0.15) is 11.3 Å². The van der Waals surface area contributed by atoms with Crippen LogP contribution in [-0.2, 0) is 11.2 Å². The van der Waals surface area contributed by atoms with Crippen molar-refractivity contribution in [2.75, 3.05) is 18.5 Å². The van der Waals surface area contributed by atoms with Crippen LogP contribution in [0.25, 0.3) is 10.2 Å². The van der Waals surface area contributed by atoms with E-state index in [2.05, 4.69) is 39.8 Å². The number of hydrogen-bond donors (Lipinski definition) is 1. The summed E-state index contributed by atoms with van der Waals surface area (Å²) in [5, 5.41) is 11.1. The van der Waals surface area contributed by atoms with Gasteiger partial charge in [-0.15, -0.1) is 17.8 Å². The van der Waals surface area contributed by atoms with Gasteiger partial charge in [-0.1, -0.05) is 24.0 Å². The number of benzene rings is 2. The number of anilines is 1. The second-order valence-corrected chi connectivity index (χ2v) is 8.06. The second kappa shape index (κ2) is 9.28. The van der Waals surface area contributed by atoms with Gasteiger partial charge in [-0.3, -0.25) is 4.79 Å². The molecule has 1 N–H and O–H groups in total. The highest BCUT2D eigenvalue weighted by Crippen LogP contribution is 2.30. The highest BCUT2D eigenvalue weighted by atomic mass is 32.1. The molecule has 0 saturated carbocycles. The van der Waals surface area contributed by atoms with Gasteiger partial charge in [0.2, 0.25) is 5.78 Å². The van der Waals surface area contributed by atoms with Gasteiger partial charge < -0.3 is 10.0 Å². The minimum Gasteiger partial charge on any atom is -0.506 e.